The zero-order chi connectivity index (χ0) is 12.3. The summed E-state index contributed by atoms with van der Waals surface area (Å²) in [6.45, 7) is 5.01. The van der Waals surface area contributed by atoms with E-state index in [1.807, 2.05) is 7.05 Å². The van der Waals surface area contributed by atoms with Crippen LogP contribution in [0.1, 0.15) is 25.7 Å². The van der Waals surface area contributed by atoms with E-state index >= 15 is 0 Å². The molecule has 2 rings (SSSR count). The topological polar surface area (TPSA) is 38.7 Å². The SMILES string of the molecule is CNC1(CO)CCCC(N2CCN(C)CC2)C1. The maximum Gasteiger partial charge on any atom is 0.0613 e. The van der Waals surface area contributed by atoms with Gasteiger partial charge in [0.15, 0.2) is 0 Å². The molecule has 0 aromatic carbocycles. The fourth-order valence-corrected chi connectivity index (χ4v) is 3.28. The number of aliphatic hydroxyl groups excluding tert-OH is 1. The van der Waals surface area contributed by atoms with Gasteiger partial charge < -0.3 is 15.3 Å². The molecule has 1 aliphatic carbocycles. The maximum atomic E-state index is 9.61. The molecule has 4 heteroatoms. The molecule has 1 saturated heterocycles. The van der Waals surface area contributed by atoms with Crippen molar-refractivity contribution in [3.05, 3.63) is 0 Å². The molecule has 2 aliphatic rings. The molecule has 0 amide bonds. The largest absolute Gasteiger partial charge is 0.394 e. The second kappa shape index (κ2) is 5.65. The molecule has 2 fully saturated rings. The molecule has 17 heavy (non-hydrogen) atoms. The van der Waals surface area contributed by atoms with Crippen molar-refractivity contribution in [1.82, 2.24) is 15.1 Å². The van der Waals surface area contributed by atoms with Crippen LogP contribution in [0.2, 0.25) is 0 Å². The Balaban J connectivity index is 1.92. The van der Waals surface area contributed by atoms with E-state index < -0.39 is 0 Å². The third kappa shape index (κ3) is 2.99. The fourth-order valence-electron chi connectivity index (χ4n) is 3.28. The molecule has 2 atom stereocenters. The minimum Gasteiger partial charge on any atom is -0.394 e. The van der Waals surface area contributed by atoms with E-state index in [-0.39, 0.29) is 12.1 Å². The standard InChI is InChI=1S/C13H27N3O/c1-14-13(11-17)5-3-4-12(10-13)16-8-6-15(2)7-9-16/h12,14,17H,3-11H2,1-2H3. The summed E-state index contributed by atoms with van der Waals surface area (Å²) in [5, 5.41) is 13.0. The average molecular weight is 241 g/mol. The van der Waals surface area contributed by atoms with Gasteiger partial charge in [0, 0.05) is 37.8 Å². The molecule has 0 aromatic rings. The summed E-state index contributed by atoms with van der Waals surface area (Å²) in [4.78, 5) is 5.03. The molecule has 1 saturated carbocycles. The molecule has 0 spiro atoms. The Morgan fingerprint density at radius 1 is 1.29 bits per heavy atom. The number of nitrogens with zero attached hydrogens (tertiary/aromatic N) is 2. The number of aliphatic hydroxyl groups is 1. The van der Waals surface area contributed by atoms with Crippen molar-refractivity contribution < 1.29 is 5.11 Å². The first-order valence-corrected chi connectivity index (χ1v) is 6.91. The molecule has 1 aliphatic heterocycles. The molecule has 2 unspecified atom stereocenters. The zero-order valence-corrected chi connectivity index (χ0v) is 11.3. The summed E-state index contributed by atoms with van der Waals surface area (Å²) in [7, 11) is 4.19. The lowest BCUT2D eigenvalue weighted by atomic mass is 9.79. The highest BCUT2D eigenvalue weighted by molar-refractivity contribution is 4.96. The Morgan fingerprint density at radius 3 is 2.59 bits per heavy atom. The van der Waals surface area contributed by atoms with Crippen LogP contribution in [0.15, 0.2) is 0 Å². The normalized spacial score (nSPS) is 37.2. The van der Waals surface area contributed by atoms with E-state index in [4.69, 9.17) is 0 Å². The van der Waals surface area contributed by atoms with Crippen molar-refractivity contribution in [3.8, 4) is 0 Å². The van der Waals surface area contributed by atoms with Crippen LogP contribution in [0, 0.1) is 0 Å². The van der Waals surface area contributed by atoms with Gasteiger partial charge >= 0.3 is 0 Å². The molecule has 2 N–H and O–H groups in total. The van der Waals surface area contributed by atoms with E-state index in [2.05, 4.69) is 22.2 Å². The summed E-state index contributed by atoms with van der Waals surface area (Å²) in [6.07, 6.45) is 4.75. The second-order valence-corrected chi connectivity index (χ2v) is 5.78. The van der Waals surface area contributed by atoms with Gasteiger partial charge in [0.05, 0.1) is 6.61 Å². The van der Waals surface area contributed by atoms with Crippen LogP contribution < -0.4 is 5.32 Å². The number of rotatable bonds is 3. The highest BCUT2D eigenvalue weighted by atomic mass is 16.3. The number of likely N-dealkylation sites (N-methyl/N-ethyl adjacent to an activating group) is 2. The number of hydrogen-bond acceptors (Lipinski definition) is 4. The van der Waals surface area contributed by atoms with Crippen molar-refractivity contribution in [2.45, 2.75) is 37.3 Å². The number of nitrogens with one attached hydrogen (secondary N) is 1. The Hall–Kier alpha value is -0.160. The van der Waals surface area contributed by atoms with E-state index in [1.54, 1.807) is 0 Å². The third-order valence-electron chi connectivity index (χ3n) is 4.71. The van der Waals surface area contributed by atoms with E-state index in [9.17, 15) is 5.11 Å². The molecular weight excluding hydrogens is 214 g/mol. The van der Waals surface area contributed by atoms with Gasteiger partial charge in [-0.05, 0) is 39.8 Å². The summed E-state index contributed by atoms with van der Waals surface area (Å²) in [5.41, 5.74) is -0.0216. The summed E-state index contributed by atoms with van der Waals surface area (Å²) in [5.74, 6) is 0. The first kappa shape index (κ1) is 13.3. The van der Waals surface area contributed by atoms with E-state index in [0.717, 1.165) is 12.8 Å². The van der Waals surface area contributed by atoms with Crippen LogP contribution in [0.4, 0.5) is 0 Å². The van der Waals surface area contributed by atoms with E-state index in [1.165, 1.54) is 39.0 Å². The van der Waals surface area contributed by atoms with Gasteiger partial charge in [-0.1, -0.05) is 0 Å². The predicted molar refractivity (Wildman–Crippen MR) is 70.2 cm³/mol. The highest BCUT2D eigenvalue weighted by Crippen LogP contribution is 2.31. The highest BCUT2D eigenvalue weighted by Gasteiger charge is 2.37. The van der Waals surface area contributed by atoms with Crippen LogP contribution in [-0.4, -0.2) is 73.4 Å². The fraction of sp³-hybridized carbons (Fsp3) is 1.00. The van der Waals surface area contributed by atoms with Crippen LogP contribution >= 0.6 is 0 Å². The average Bonchev–Trinajstić information content (AvgIpc) is 2.39. The van der Waals surface area contributed by atoms with Gasteiger partial charge in [0.2, 0.25) is 0 Å². The van der Waals surface area contributed by atoms with Crippen LogP contribution in [0.3, 0.4) is 0 Å². The predicted octanol–water partition coefficient (Wildman–Crippen LogP) is 0.127. The van der Waals surface area contributed by atoms with Crippen molar-refractivity contribution >= 4 is 0 Å². The van der Waals surface area contributed by atoms with Gasteiger partial charge in [-0.3, -0.25) is 4.90 Å². The molecule has 4 nitrogen and oxygen atoms in total. The molecule has 0 radical (unpaired) electrons. The smallest absolute Gasteiger partial charge is 0.0613 e. The molecule has 0 aromatic heterocycles. The lowest BCUT2D eigenvalue weighted by Crippen LogP contribution is -2.57. The lowest BCUT2D eigenvalue weighted by molar-refractivity contribution is 0.0404. The van der Waals surface area contributed by atoms with Crippen molar-refractivity contribution in [2.75, 3.05) is 46.9 Å². The summed E-state index contributed by atoms with van der Waals surface area (Å²) in [6, 6.07) is 0.664. The monoisotopic (exact) mass is 241 g/mol. The molecule has 1 heterocycles. The maximum absolute atomic E-state index is 9.61. The summed E-state index contributed by atoms with van der Waals surface area (Å²) >= 11 is 0. The van der Waals surface area contributed by atoms with Crippen LogP contribution in [0.25, 0.3) is 0 Å². The van der Waals surface area contributed by atoms with Crippen molar-refractivity contribution in [3.63, 3.8) is 0 Å². The van der Waals surface area contributed by atoms with Gasteiger partial charge in [0.1, 0.15) is 0 Å². The number of piperazine rings is 1. The quantitative estimate of drug-likeness (QED) is 0.736. The molecular formula is C13H27N3O. The lowest BCUT2D eigenvalue weighted by Gasteiger charge is -2.46. The van der Waals surface area contributed by atoms with Gasteiger partial charge in [-0.15, -0.1) is 0 Å². The van der Waals surface area contributed by atoms with Gasteiger partial charge in [0.25, 0.3) is 0 Å². The molecule has 100 valence electrons. The minimum absolute atomic E-state index is 0.0216. The Bertz CT molecular complexity index is 235. The van der Waals surface area contributed by atoms with Crippen molar-refractivity contribution in [1.29, 1.82) is 0 Å². The molecule has 0 bridgehead atoms. The van der Waals surface area contributed by atoms with Gasteiger partial charge in [-0.2, -0.15) is 0 Å². The first-order valence-electron chi connectivity index (χ1n) is 6.91. The third-order valence-corrected chi connectivity index (χ3v) is 4.71. The minimum atomic E-state index is -0.0216. The van der Waals surface area contributed by atoms with E-state index in [0.29, 0.717) is 6.04 Å². The van der Waals surface area contributed by atoms with Crippen LogP contribution in [-0.2, 0) is 0 Å². The number of hydrogen-bond donors (Lipinski definition) is 2. The first-order chi connectivity index (χ1) is 8.19. The Kier molecular flexibility index (Phi) is 4.42. The Labute approximate surface area is 105 Å². The second-order valence-electron chi connectivity index (χ2n) is 5.78. The zero-order valence-electron chi connectivity index (χ0n) is 11.3. The van der Waals surface area contributed by atoms with Gasteiger partial charge in [-0.25, -0.2) is 0 Å². The Morgan fingerprint density at radius 2 is 2.00 bits per heavy atom. The summed E-state index contributed by atoms with van der Waals surface area (Å²) < 4.78 is 0. The van der Waals surface area contributed by atoms with Crippen molar-refractivity contribution in [2.24, 2.45) is 0 Å². The van der Waals surface area contributed by atoms with Crippen LogP contribution in [0.5, 0.6) is 0 Å².